The second kappa shape index (κ2) is 4.06. The first kappa shape index (κ1) is 10.2. The molecule has 0 bridgehead atoms. The monoisotopic (exact) mass is 210 g/mol. The fourth-order valence-corrected chi connectivity index (χ4v) is 1.84. The second-order valence-electron chi connectivity index (χ2n) is 3.79. The number of hydrogen-bond acceptors (Lipinski definition) is 3. The Labute approximate surface area is 88.2 Å². The molecule has 2 unspecified atom stereocenters. The van der Waals surface area contributed by atoms with Gasteiger partial charge in [0.1, 0.15) is 11.9 Å². The minimum absolute atomic E-state index is 0.168. The number of carbonyl (C=O) groups is 1. The normalized spacial score (nSPS) is 30.5. The van der Waals surface area contributed by atoms with Gasteiger partial charge in [0, 0.05) is 12.3 Å². The Kier molecular flexibility index (Phi) is 2.77. The van der Waals surface area contributed by atoms with Gasteiger partial charge in [0.15, 0.2) is 0 Å². The van der Waals surface area contributed by atoms with E-state index in [1.807, 2.05) is 13.0 Å². The van der Waals surface area contributed by atoms with Crippen LogP contribution in [0.4, 0.5) is 0 Å². The number of carboxylic acid groups (broad SMARTS) is 1. The molecular weight excluding hydrogens is 196 g/mol. The zero-order valence-corrected chi connectivity index (χ0v) is 8.60. The fourth-order valence-electron chi connectivity index (χ4n) is 1.84. The summed E-state index contributed by atoms with van der Waals surface area (Å²) in [4.78, 5) is 11.0. The first-order valence-corrected chi connectivity index (χ1v) is 5.10. The van der Waals surface area contributed by atoms with E-state index in [4.69, 9.17) is 14.6 Å². The topological polar surface area (TPSA) is 55.8 Å². The Bertz CT molecular complexity index is 329. The lowest BCUT2D eigenvalue weighted by Crippen LogP contribution is -2.28. The lowest BCUT2D eigenvalue weighted by atomic mass is 9.93. The van der Waals surface area contributed by atoms with Crippen molar-refractivity contribution in [3.05, 3.63) is 23.5 Å². The summed E-state index contributed by atoms with van der Waals surface area (Å²) in [6.07, 6.45) is 4.03. The first-order chi connectivity index (χ1) is 7.20. The molecule has 0 saturated carbocycles. The molecule has 1 fully saturated rings. The average Bonchev–Trinajstić information content (AvgIpc) is 2.43. The summed E-state index contributed by atoms with van der Waals surface area (Å²) in [6, 6.07) is 0. The molecule has 2 aliphatic rings. The van der Waals surface area contributed by atoms with Crippen molar-refractivity contribution in [3.8, 4) is 0 Å². The molecular formula is C11H14O4. The van der Waals surface area contributed by atoms with Crippen LogP contribution >= 0.6 is 0 Å². The molecule has 15 heavy (non-hydrogen) atoms. The van der Waals surface area contributed by atoms with Gasteiger partial charge in [-0.2, -0.15) is 0 Å². The summed E-state index contributed by atoms with van der Waals surface area (Å²) < 4.78 is 11.1. The quantitative estimate of drug-likeness (QED) is 0.709. The van der Waals surface area contributed by atoms with Gasteiger partial charge in [-0.05, 0) is 6.08 Å². The molecule has 1 aliphatic carbocycles. The predicted molar refractivity (Wildman–Crippen MR) is 53.3 cm³/mol. The van der Waals surface area contributed by atoms with E-state index in [-0.39, 0.29) is 17.6 Å². The third-order valence-electron chi connectivity index (χ3n) is 2.64. The fraction of sp³-hybridized carbons (Fsp3) is 0.545. The maximum atomic E-state index is 11.0. The van der Waals surface area contributed by atoms with Crippen LogP contribution in [0.25, 0.3) is 0 Å². The molecule has 2 rings (SSSR count). The van der Waals surface area contributed by atoms with Gasteiger partial charge in [0.05, 0.1) is 18.8 Å². The van der Waals surface area contributed by atoms with Crippen molar-refractivity contribution in [2.45, 2.75) is 19.4 Å². The molecule has 4 nitrogen and oxygen atoms in total. The molecule has 0 aromatic heterocycles. The molecule has 82 valence electrons. The average molecular weight is 210 g/mol. The highest BCUT2D eigenvalue weighted by atomic mass is 16.5. The molecule has 1 saturated heterocycles. The molecule has 0 amide bonds. The van der Waals surface area contributed by atoms with Crippen LogP contribution < -0.4 is 0 Å². The van der Waals surface area contributed by atoms with E-state index in [1.54, 1.807) is 6.08 Å². The number of fused-ring (bicyclic) bond motifs is 1. The Hall–Kier alpha value is -1.29. The van der Waals surface area contributed by atoms with Gasteiger partial charge in [-0.3, -0.25) is 0 Å². The van der Waals surface area contributed by atoms with E-state index < -0.39 is 5.97 Å². The van der Waals surface area contributed by atoms with Crippen LogP contribution in [0.5, 0.6) is 0 Å². The number of rotatable bonds is 1. The largest absolute Gasteiger partial charge is 0.494 e. The van der Waals surface area contributed by atoms with Crippen LogP contribution in [-0.4, -0.2) is 30.4 Å². The Balaban J connectivity index is 2.36. The molecule has 0 spiro atoms. The number of carboxylic acids is 1. The lowest BCUT2D eigenvalue weighted by Gasteiger charge is -2.26. The number of hydrogen-bond donors (Lipinski definition) is 1. The Morgan fingerprint density at radius 3 is 3.07 bits per heavy atom. The van der Waals surface area contributed by atoms with Gasteiger partial charge >= 0.3 is 5.97 Å². The van der Waals surface area contributed by atoms with Crippen molar-refractivity contribution in [3.63, 3.8) is 0 Å². The van der Waals surface area contributed by atoms with Crippen LogP contribution in [0, 0.1) is 5.92 Å². The molecule has 1 aliphatic heterocycles. The smallest absolute Gasteiger partial charge is 0.339 e. The highest BCUT2D eigenvalue weighted by molar-refractivity contribution is 5.91. The zero-order valence-electron chi connectivity index (χ0n) is 8.60. The van der Waals surface area contributed by atoms with Crippen LogP contribution in [0.2, 0.25) is 0 Å². The third-order valence-corrected chi connectivity index (χ3v) is 2.64. The van der Waals surface area contributed by atoms with Gasteiger partial charge in [0.2, 0.25) is 0 Å². The Morgan fingerprint density at radius 2 is 2.33 bits per heavy atom. The SMILES string of the molecule is CC1C=CC(C(=O)O)=C2OCCCOC21. The van der Waals surface area contributed by atoms with Gasteiger partial charge in [-0.25, -0.2) is 4.79 Å². The number of ether oxygens (including phenoxy) is 2. The van der Waals surface area contributed by atoms with Crippen molar-refractivity contribution >= 4 is 5.97 Å². The first-order valence-electron chi connectivity index (χ1n) is 5.10. The van der Waals surface area contributed by atoms with Crippen molar-refractivity contribution in [2.75, 3.05) is 13.2 Å². The summed E-state index contributed by atoms with van der Waals surface area (Å²) >= 11 is 0. The predicted octanol–water partition coefficient (Wildman–Crippen LogP) is 1.34. The zero-order chi connectivity index (χ0) is 10.8. The highest BCUT2D eigenvalue weighted by Gasteiger charge is 2.32. The minimum atomic E-state index is -0.955. The van der Waals surface area contributed by atoms with Crippen LogP contribution in [0.1, 0.15) is 13.3 Å². The van der Waals surface area contributed by atoms with E-state index in [1.165, 1.54) is 0 Å². The maximum absolute atomic E-state index is 11.0. The summed E-state index contributed by atoms with van der Waals surface area (Å²) in [5.74, 6) is -0.306. The van der Waals surface area contributed by atoms with Crippen LogP contribution in [-0.2, 0) is 14.3 Å². The summed E-state index contributed by atoms with van der Waals surface area (Å²) in [7, 11) is 0. The van der Waals surface area contributed by atoms with E-state index >= 15 is 0 Å². The van der Waals surface area contributed by atoms with E-state index in [0.29, 0.717) is 19.0 Å². The summed E-state index contributed by atoms with van der Waals surface area (Å²) in [5.41, 5.74) is 0.222. The van der Waals surface area contributed by atoms with Crippen LogP contribution in [0.3, 0.4) is 0 Å². The Morgan fingerprint density at radius 1 is 1.53 bits per heavy atom. The van der Waals surface area contributed by atoms with E-state index in [9.17, 15) is 4.79 Å². The molecule has 0 radical (unpaired) electrons. The minimum Gasteiger partial charge on any atom is -0.494 e. The van der Waals surface area contributed by atoms with Crippen molar-refractivity contribution in [1.82, 2.24) is 0 Å². The number of aliphatic carboxylic acids is 1. The molecule has 0 aromatic carbocycles. The molecule has 2 atom stereocenters. The van der Waals surface area contributed by atoms with Crippen molar-refractivity contribution < 1.29 is 19.4 Å². The maximum Gasteiger partial charge on any atom is 0.339 e. The van der Waals surface area contributed by atoms with Crippen LogP contribution in [0.15, 0.2) is 23.5 Å². The third kappa shape index (κ3) is 1.90. The molecule has 1 heterocycles. The molecule has 0 aromatic rings. The molecule has 1 N–H and O–H groups in total. The summed E-state index contributed by atoms with van der Waals surface area (Å²) in [5, 5.41) is 9.01. The van der Waals surface area contributed by atoms with E-state index in [0.717, 1.165) is 6.42 Å². The second-order valence-corrected chi connectivity index (χ2v) is 3.79. The van der Waals surface area contributed by atoms with Gasteiger partial charge in [-0.1, -0.05) is 13.0 Å². The van der Waals surface area contributed by atoms with Crippen molar-refractivity contribution in [2.24, 2.45) is 5.92 Å². The van der Waals surface area contributed by atoms with Gasteiger partial charge < -0.3 is 14.6 Å². The van der Waals surface area contributed by atoms with Crippen molar-refractivity contribution in [1.29, 1.82) is 0 Å². The summed E-state index contributed by atoms with van der Waals surface area (Å²) in [6.45, 7) is 3.15. The molecule has 4 heteroatoms. The standard InChI is InChI=1S/C11H14O4/c1-7-3-4-8(11(12)13)10-9(7)14-5-2-6-15-10/h3-4,7,9H,2,5-6H2,1H3,(H,12,13). The highest BCUT2D eigenvalue weighted by Crippen LogP contribution is 2.29. The lowest BCUT2D eigenvalue weighted by molar-refractivity contribution is -0.132. The van der Waals surface area contributed by atoms with Gasteiger partial charge in [0.25, 0.3) is 0 Å². The van der Waals surface area contributed by atoms with E-state index in [2.05, 4.69) is 0 Å². The van der Waals surface area contributed by atoms with Gasteiger partial charge in [-0.15, -0.1) is 0 Å².